The molecule has 6 heteroatoms. The van der Waals surface area contributed by atoms with Crippen molar-refractivity contribution in [2.24, 2.45) is 0 Å². The first kappa shape index (κ1) is 13.6. The molecule has 2 N–H and O–H groups in total. The summed E-state index contributed by atoms with van der Waals surface area (Å²) in [6, 6.07) is 8.81. The molecule has 0 aliphatic rings. The molecule has 1 aromatic carbocycles. The minimum atomic E-state index is -0.729. The van der Waals surface area contributed by atoms with Crippen LogP contribution in [0.15, 0.2) is 30.5 Å². The van der Waals surface area contributed by atoms with Gasteiger partial charge in [0.05, 0.1) is 11.8 Å². The van der Waals surface area contributed by atoms with Crippen LogP contribution in [-0.4, -0.2) is 22.2 Å². The van der Waals surface area contributed by atoms with E-state index < -0.39 is 6.10 Å². The lowest BCUT2D eigenvalue weighted by atomic mass is 10.2. The molecule has 1 aromatic heterocycles. The predicted molar refractivity (Wildman–Crippen MR) is 73.2 cm³/mol. The number of nitriles is 1. The first-order chi connectivity index (χ1) is 9.61. The summed E-state index contributed by atoms with van der Waals surface area (Å²) in [4.78, 5) is 12.0. The van der Waals surface area contributed by atoms with Crippen LogP contribution in [0, 0.1) is 18.3 Å². The van der Waals surface area contributed by atoms with E-state index in [0.717, 1.165) is 5.56 Å². The van der Waals surface area contributed by atoms with Crippen molar-refractivity contribution in [2.75, 3.05) is 5.32 Å². The van der Waals surface area contributed by atoms with Crippen LogP contribution in [0.2, 0.25) is 0 Å². The van der Waals surface area contributed by atoms with Crippen LogP contribution < -0.4 is 10.1 Å². The van der Waals surface area contributed by atoms with Crippen molar-refractivity contribution < 1.29 is 9.53 Å². The Morgan fingerprint density at radius 3 is 2.90 bits per heavy atom. The molecule has 1 amide bonds. The van der Waals surface area contributed by atoms with Gasteiger partial charge < -0.3 is 10.1 Å². The Labute approximate surface area is 116 Å². The van der Waals surface area contributed by atoms with Crippen molar-refractivity contribution in [1.82, 2.24) is 10.2 Å². The van der Waals surface area contributed by atoms with Gasteiger partial charge in [-0.1, -0.05) is 12.1 Å². The van der Waals surface area contributed by atoms with Crippen LogP contribution in [0.25, 0.3) is 0 Å². The van der Waals surface area contributed by atoms with Gasteiger partial charge in [-0.3, -0.25) is 9.89 Å². The molecule has 0 aliphatic carbocycles. The normalized spacial score (nSPS) is 11.4. The molecule has 102 valence electrons. The van der Waals surface area contributed by atoms with Gasteiger partial charge in [0.2, 0.25) is 0 Å². The number of para-hydroxylation sites is 1. The fourth-order valence-electron chi connectivity index (χ4n) is 1.60. The Balaban J connectivity index is 2.05. The number of carbonyl (C=O) groups is 1. The Morgan fingerprint density at radius 2 is 2.25 bits per heavy atom. The number of aromatic amines is 1. The molecule has 0 saturated heterocycles. The van der Waals surface area contributed by atoms with E-state index in [0.29, 0.717) is 17.1 Å². The molecular formula is C14H14N4O2. The largest absolute Gasteiger partial charge is 0.480 e. The topological polar surface area (TPSA) is 90.8 Å². The lowest BCUT2D eigenvalue weighted by Crippen LogP contribution is -2.30. The van der Waals surface area contributed by atoms with E-state index in [-0.39, 0.29) is 5.91 Å². The van der Waals surface area contributed by atoms with Crippen LogP contribution in [0.4, 0.5) is 5.82 Å². The van der Waals surface area contributed by atoms with Gasteiger partial charge in [0.15, 0.2) is 6.10 Å². The van der Waals surface area contributed by atoms with Crippen LogP contribution in [0.1, 0.15) is 18.1 Å². The fraction of sp³-hybridized carbons (Fsp3) is 0.214. The third-order valence-corrected chi connectivity index (χ3v) is 2.76. The maximum absolute atomic E-state index is 12.0. The van der Waals surface area contributed by atoms with Crippen molar-refractivity contribution in [2.45, 2.75) is 20.0 Å². The van der Waals surface area contributed by atoms with Gasteiger partial charge in [-0.05, 0) is 26.0 Å². The number of aryl methyl sites for hydroxylation is 1. The van der Waals surface area contributed by atoms with Crippen molar-refractivity contribution in [3.8, 4) is 11.8 Å². The molecule has 1 heterocycles. The predicted octanol–water partition coefficient (Wildman–Crippen LogP) is 2.00. The van der Waals surface area contributed by atoms with Gasteiger partial charge in [0, 0.05) is 5.56 Å². The van der Waals surface area contributed by atoms with E-state index in [2.05, 4.69) is 15.5 Å². The molecule has 6 nitrogen and oxygen atoms in total. The highest BCUT2D eigenvalue weighted by molar-refractivity contribution is 5.93. The molecular weight excluding hydrogens is 256 g/mol. The van der Waals surface area contributed by atoms with Gasteiger partial charge in [0.25, 0.3) is 5.91 Å². The van der Waals surface area contributed by atoms with E-state index in [1.807, 2.05) is 13.0 Å². The second-order valence-corrected chi connectivity index (χ2v) is 4.29. The quantitative estimate of drug-likeness (QED) is 0.888. The highest BCUT2D eigenvalue weighted by Crippen LogP contribution is 2.18. The van der Waals surface area contributed by atoms with E-state index in [4.69, 9.17) is 10.00 Å². The summed E-state index contributed by atoms with van der Waals surface area (Å²) in [5.41, 5.74) is 1.23. The highest BCUT2D eigenvalue weighted by Gasteiger charge is 2.17. The molecule has 0 saturated carbocycles. The van der Waals surface area contributed by atoms with Crippen LogP contribution in [0.5, 0.6) is 5.75 Å². The van der Waals surface area contributed by atoms with E-state index >= 15 is 0 Å². The highest BCUT2D eigenvalue weighted by atomic mass is 16.5. The van der Waals surface area contributed by atoms with Crippen LogP contribution in [0.3, 0.4) is 0 Å². The number of aromatic nitrogens is 2. The number of rotatable bonds is 4. The number of H-pyrrole nitrogens is 1. The molecule has 2 rings (SSSR count). The molecule has 0 fully saturated rings. The molecule has 1 atom stereocenters. The Hall–Kier alpha value is -2.81. The van der Waals surface area contributed by atoms with Crippen LogP contribution >= 0.6 is 0 Å². The van der Waals surface area contributed by atoms with E-state index in [1.54, 1.807) is 37.4 Å². The van der Waals surface area contributed by atoms with Crippen molar-refractivity contribution in [3.63, 3.8) is 0 Å². The average Bonchev–Trinajstić information content (AvgIpc) is 2.84. The zero-order valence-electron chi connectivity index (χ0n) is 11.2. The smallest absolute Gasteiger partial charge is 0.266 e. The van der Waals surface area contributed by atoms with Gasteiger partial charge in [-0.2, -0.15) is 10.4 Å². The van der Waals surface area contributed by atoms with E-state index in [9.17, 15) is 4.79 Å². The third kappa shape index (κ3) is 2.95. The minimum absolute atomic E-state index is 0.315. The van der Waals surface area contributed by atoms with Crippen molar-refractivity contribution in [3.05, 3.63) is 41.6 Å². The third-order valence-electron chi connectivity index (χ3n) is 2.76. The van der Waals surface area contributed by atoms with Crippen molar-refractivity contribution in [1.29, 1.82) is 5.26 Å². The van der Waals surface area contributed by atoms with Gasteiger partial charge >= 0.3 is 0 Å². The Morgan fingerprint density at radius 1 is 1.50 bits per heavy atom. The maximum Gasteiger partial charge on any atom is 0.266 e. The second kappa shape index (κ2) is 5.89. The lowest BCUT2D eigenvalue weighted by Gasteiger charge is -2.15. The number of hydrogen-bond acceptors (Lipinski definition) is 4. The Kier molecular flexibility index (Phi) is 4.01. The molecule has 1 unspecified atom stereocenters. The van der Waals surface area contributed by atoms with Gasteiger partial charge in [-0.25, -0.2) is 0 Å². The number of nitrogens with zero attached hydrogens (tertiary/aromatic N) is 2. The molecule has 20 heavy (non-hydrogen) atoms. The van der Waals surface area contributed by atoms with Gasteiger partial charge in [-0.15, -0.1) is 0 Å². The summed E-state index contributed by atoms with van der Waals surface area (Å²) in [6.45, 7) is 3.45. The number of anilines is 1. The number of ether oxygens (including phenoxy) is 1. The van der Waals surface area contributed by atoms with Crippen LogP contribution in [-0.2, 0) is 4.79 Å². The first-order valence-electron chi connectivity index (χ1n) is 6.08. The lowest BCUT2D eigenvalue weighted by molar-refractivity contribution is -0.122. The second-order valence-electron chi connectivity index (χ2n) is 4.29. The standard InChI is InChI=1S/C14H14N4O2/c1-9-8-16-18-13(9)17-14(19)10(2)20-12-6-4-3-5-11(12)7-15/h3-6,8,10H,1-2H3,(H2,16,17,18,19). The average molecular weight is 270 g/mol. The summed E-state index contributed by atoms with van der Waals surface area (Å²) in [5, 5.41) is 18.2. The summed E-state index contributed by atoms with van der Waals surface area (Å²) in [6.07, 6.45) is 0.888. The molecule has 2 aromatic rings. The first-order valence-corrected chi connectivity index (χ1v) is 6.08. The fourth-order valence-corrected chi connectivity index (χ4v) is 1.60. The minimum Gasteiger partial charge on any atom is -0.480 e. The molecule has 0 bridgehead atoms. The zero-order valence-corrected chi connectivity index (χ0v) is 11.2. The summed E-state index contributed by atoms with van der Waals surface area (Å²) < 4.78 is 5.52. The maximum atomic E-state index is 12.0. The van der Waals surface area contributed by atoms with Gasteiger partial charge in [0.1, 0.15) is 17.6 Å². The molecule has 0 radical (unpaired) electrons. The molecule has 0 spiro atoms. The number of nitrogens with one attached hydrogen (secondary N) is 2. The number of hydrogen-bond donors (Lipinski definition) is 2. The van der Waals surface area contributed by atoms with Crippen molar-refractivity contribution >= 4 is 11.7 Å². The molecule has 0 aliphatic heterocycles. The summed E-state index contributed by atoms with van der Waals surface area (Å²) in [7, 11) is 0. The number of amides is 1. The SMILES string of the molecule is Cc1cn[nH]c1NC(=O)C(C)Oc1ccccc1C#N. The zero-order chi connectivity index (χ0) is 14.5. The Bertz CT molecular complexity index is 657. The number of benzene rings is 1. The summed E-state index contributed by atoms with van der Waals surface area (Å²) in [5.74, 6) is 0.614. The summed E-state index contributed by atoms with van der Waals surface area (Å²) >= 11 is 0. The van der Waals surface area contributed by atoms with E-state index in [1.165, 1.54) is 0 Å². The number of carbonyl (C=O) groups excluding carboxylic acids is 1. The monoisotopic (exact) mass is 270 g/mol.